The van der Waals surface area contributed by atoms with E-state index < -0.39 is 0 Å². The van der Waals surface area contributed by atoms with Crippen LogP contribution in [-0.2, 0) is 19.2 Å². The minimum Gasteiger partial charge on any atom is -0.303 e. The summed E-state index contributed by atoms with van der Waals surface area (Å²) in [5.74, 6) is 0.357. The minimum absolute atomic E-state index is 0.179. The SMILES string of the molecule is O=CCCC(=O)CCCCCCCCC(=O)CCC=O. The van der Waals surface area contributed by atoms with Gasteiger partial charge in [0.15, 0.2) is 0 Å². The van der Waals surface area contributed by atoms with Gasteiger partial charge in [-0.1, -0.05) is 25.7 Å². The summed E-state index contributed by atoms with van der Waals surface area (Å²) < 4.78 is 0. The molecule has 0 heterocycles. The van der Waals surface area contributed by atoms with Gasteiger partial charge in [-0.2, -0.15) is 0 Å². The number of aldehydes is 2. The first kappa shape index (κ1) is 18.7. The summed E-state index contributed by atoms with van der Waals surface area (Å²) in [4.78, 5) is 42.8. The molecule has 114 valence electrons. The average molecular weight is 282 g/mol. The Morgan fingerprint density at radius 3 is 1.25 bits per heavy atom. The van der Waals surface area contributed by atoms with E-state index >= 15 is 0 Å². The summed E-state index contributed by atoms with van der Waals surface area (Å²) in [6, 6.07) is 0. The van der Waals surface area contributed by atoms with Gasteiger partial charge in [0.2, 0.25) is 0 Å². The van der Waals surface area contributed by atoms with E-state index in [0.717, 1.165) is 51.1 Å². The van der Waals surface area contributed by atoms with E-state index in [1.807, 2.05) is 0 Å². The van der Waals surface area contributed by atoms with E-state index in [4.69, 9.17) is 0 Å². The van der Waals surface area contributed by atoms with Crippen molar-refractivity contribution >= 4 is 24.1 Å². The second-order valence-corrected chi connectivity index (χ2v) is 5.11. The Labute approximate surface area is 121 Å². The Balaban J connectivity index is 3.24. The standard InChI is InChI=1S/C16H26O4/c17-13-7-11-15(19)9-5-3-1-2-4-6-10-16(20)12-8-14-18/h13-14H,1-12H2. The largest absolute Gasteiger partial charge is 0.303 e. The van der Waals surface area contributed by atoms with Crippen molar-refractivity contribution in [2.45, 2.75) is 77.0 Å². The molecule has 0 saturated heterocycles. The molecule has 4 nitrogen and oxygen atoms in total. The highest BCUT2D eigenvalue weighted by Gasteiger charge is 2.02. The third kappa shape index (κ3) is 13.1. The van der Waals surface area contributed by atoms with Crippen molar-refractivity contribution in [1.82, 2.24) is 0 Å². The van der Waals surface area contributed by atoms with E-state index in [9.17, 15) is 19.2 Å². The molecule has 0 unspecified atom stereocenters. The van der Waals surface area contributed by atoms with Crippen LogP contribution in [0.2, 0.25) is 0 Å². The number of ketones is 2. The molecule has 0 atom stereocenters. The van der Waals surface area contributed by atoms with Crippen molar-refractivity contribution in [1.29, 1.82) is 0 Å². The lowest BCUT2D eigenvalue weighted by Gasteiger charge is -2.01. The summed E-state index contributed by atoms with van der Waals surface area (Å²) in [6.45, 7) is 0. The van der Waals surface area contributed by atoms with Gasteiger partial charge in [0.1, 0.15) is 24.1 Å². The fraction of sp³-hybridized carbons (Fsp3) is 0.750. The van der Waals surface area contributed by atoms with E-state index in [0.29, 0.717) is 38.5 Å². The van der Waals surface area contributed by atoms with Crippen molar-refractivity contribution in [2.75, 3.05) is 0 Å². The zero-order chi connectivity index (χ0) is 15.1. The van der Waals surface area contributed by atoms with Crippen molar-refractivity contribution in [3.05, 3.63) is 0 Å². The Morgan fingerprint density at radius 2 is 0.900 bits per heavy atom. The van der Waals surface area contributed by atoms with Crippen molar-refractivity contribution in [3.8, 4) is 0 Å². The molecule has 0 aliphatic carbocycles. The molecule has 0 aromatic carbocycles. The van der Waals surface area contributed by atoms with Gasteiger partial charge < -0.3 is 9.59 Å². The highest BCUT2D eigenvalue weighted by molar-refractivity contribution is 5.80. The molecule has 0 bridgehead atoms. The average Bonchev–Trinajstić information content (AvgIpc) is 2.45. The first-order chi connectivity index (χ1) is 9.70. The van der Waals surface area contributed by atoms with Gasteiger partial charge in [0.05, 0.1) is 0 Å². The first-order valence-corrected chi connectivity index (χ1v) is 7.61. The normalized spacial score (nSPS) is 10.2. The first-order valence-electron chi connectivity index (χ1n) is 7.61. The third-order valence-electron chi connectivity index (χ3n) is 3.24. The van der Waals surface area contributed by atoms with Crippen LogP contribution in [0.5, 0.6) is 0 Å². The van der Waals surface area contributed by atoms with Gasteiger partial charge in [-0.15, -0.1) is 0 Å². The fourth-order valence-corrected chi connectivity index (χ4v) is 2.04. The Kier molecular flexibility index (Phi) is 13.2. The molecule has 0 aliphatic rings. The van der Waals surface area contributed by atoms with Crippen LogP contribution in [0, 0.1) is 0 Å². The lowest BCUT2D eigenvalue weighted by atomic mass is 10.0. The van der Waals surface area contributed by atoms with Gasteiger partial charge in [0.25, 0.3) is 0 Å². The molecule has 0 radical (unpaired) electrons. The van der Waals surface area contributed by atoms with Gasteiger partial charge in [-0.3, -0.25) is 9.59 Å². The van der Waals surface area contributed by atoms with Crippen LogP contribution in [0.25, 0.3) is 0 Å². The van der Waals surface area contributed by atoms with Crippen LogP contribution in [0.4, 0.5) is 0 Å². The quantitative estimate of drug-likeness (QED) is 0.341. The molecule has 0 aromatic heterocycles. The number of carbonyl (C=O) groups is 4. The van der Waals surface area contributed by atoms with Gasteiger partial charge in [0, 0.05) is 38.5 Å². The summed E-state index contributed by atoms with van der Waals surface area (Å²) in [7, 11) is 0. The lowest BCUT2D eigenvalue weighted by molar-refractivity contribution is -0.121. The van der Waals surface area contributed by atoms with Crippen LogP contribution >= 0.6 is 0 Å². The van der Waals surface area contributed by atoms with Crippen LogP contribution in [0.1, 0.15) is 77.0 Å². The molecule has 20 heavy (non-hydrogen) atoms. The predicted octanol–water partition coefficient (Wildman–Crippen LogP) is 3.20. The van der Waals surface area contributed by atoms with Gasteiger partial charge >= 0.3 is 0 Å². The number of carbonyl (C=O) groups excluding carboxylic acids is 4. The summed E-state index contributed by atoms with van der Waals surface area (Å²) in [6.07, 6.45) is 10.2. The molecular formula is C16H26O4. The maximum Gasteiger partial charge on any atom is 0.133 e. The van der Waals surface area contributed by atoms with Gasteiger partial charge in [-0.25, -0.2) is 0 Å². The molecule has 0 spiro atoms. The topological polar surface area (TPSA) is 68.3 Å². The molecule has 0 N–H and O–H groups in total. The van der Waals surface area contributed by atoms with Crippen molar-refractivity contribution in [3.63, 3.8) is 0 Å². The van der Waals surface area contributed by atoms with Gasteiger partial charge in [-0.05, 0) is 12.8 Å². The van der Waals surface area contributed by atoms with Crippen LogP contribution in [-0.4, -0.2) is 24.1 Å². The van der Waals surface area contributed by atoms with Crippen LogP contribution < -0.4 is 0 Å². The Hall–Kier alpha value is -1.32. The molecule has 0 aromatic rings. The number of unbranched alkanes of at least 4 members (excludes halogenated alkanes) is 5. The molecule has 0 aliphatic heterocycles. The number of rotatable bonds is 15. The molecule has 0 rings (SSSR count). The monoisotopic (exact) mass is 282 g/mol. The van der Waals surface area contributed by atoms with E-state index in [1.165, 1.54) is 0 Å². The summed E-state index contributed by atoms with van der Waals surface area (Å²) in [5.41, 5.74) is 0. The molecule has 4 heteroatoms. The van der Waals surface area contributed by atoms with Crippen molar-refractivity contribution < 1.29 is 19.2 Å². The highest BCUT2D eigenvalue weighted by Crippen LogP contribution is 2.10. The lowest BCUT2D eigenvalue weighted by Crippen LogP contribution is -1.98. The second-order valence-electron chi connectivity index (χ2n) is 5.11. The molecule has 0 amide bonds. The predicted molar refractivity (Wildman–Crippen MR) is 77.5 cm³/mol. The van der Waals surface area contributed by atoms with Crippen LogP contribution in [0.15, 0.2) is 0 Å². The zero-order valence-corrected chi connectivity index (χ0v) is 12.3. The number of Topliss-reactive ketones (excluding diaryl/α,β-unsaturated/α-hetero) is 2. The summed E-state index contributed by atoms with van der Waals surface area (Å²) >= 11 is 0. The van der Waals surface area contributed by atoms with Crippen molar-refractivity contribution in [2.24, 2.45) is 0 Å². The second kappa shape index (κ2) is 14.1. The maximum absolute atomic E-state index is 11.3. The van der Waals surface area contributed by atoms with E-state index in [1.54, 1.807) is 0 Å². The number of hydrogen-bond acceptors (Lipinski definition) is 4. The maximum atomic E-state index is 11.3. The van der Waals surface area contributed by atoms with E-state index in [-0.39, 0.29) is 11.6 Å². The smallest absolute Gasteiger partial charge is 0.133 e. The molecule has 0 saturated carbocycles. The Morgan fingerprint density at radius 1 is 0.550 bits per heavy atom. The van der Waals surface area contributed by atoms with E-state index in [2.05, 4.69) is 0 Å². The fourth-order valence-electron chi connectivity index (χ4n) is 2.04. The molecular weight excluding hydrogens is 256 g/mol. The number of hydrogen-bond donors (Lipinski definition) is 0. The Bertz CT molecular complexity index is 267. The zero-order valence-electron chi connectivity index (χ0n) is 12.3. The molecule has 0 fully saturated rings. The minimum atomic E-state index is 0.179. The van der Waals surface area contributed by atoms with Crippen LogP contribution in [0.3, 0.4) is 0 Å². The third-order valence-corrected chi connectivity index (χ3v) is 3.24. The summed E-state index contributed by atoms with van der Waals surface area (Å²) in [5, 5.41) is 0. The highest BCUT2D eigenvalue weighted by atomic mass is 16.1.